The molecule has 1 heterocycles. The van der Waals surface area contributed by atoms with E-state index in [2.05, 4.69) is 4.98 Å². The van der Waals surface area contributed by atoms with Crippen LogP contribution < -0.4 is 0 Å². The molecule has 0 unspecified atom stereocenters. The summed E-state index contributed by atoms with van der Waals surface area (Å²) in [5.41, 5.74) is -0.443. The van der Waals surface area contributed by atoms with Crippen molar-refractivity contribution in [3.8, 4) is 11.3 Å². The van der Waals surface area contributed by atoms with Crippen LogP contribution in [0.1, 0.15) is 16.1 Å². The molecule has 5 heteroatoms. The number of halogens is 3. The number of benzene rings is 1. The number of pyridine rings is 1. The molecule has 0 bridgehead atoms. The van der Waals surface area contributed by atoms with Crippen molar-refractivity contribution in [1.29, 1.82) is 0 Å². The molecule has 1 aromatic carbocycles. The fourth-order valence-corrected chi connectivity index (χ4v) is 1.53. The highest BCUT2D eigenvalue weighted by Gasteiger charge is 2.31. The molecule has 0 spiro atoms. The molecule has 0 fully saturated rings. The number of carbonyl (C=O) groups is 1. The molecular formula is C13H8F3NO. The molecule has 0 aliphatic heterocycles. The monoisotopic (exact) mass is 251 g/mol. The smallest absolute Gasteiger partial charge is 0.296 e. The number of rotatable bonds is 2. The van der Waals surface area contributed by atoms with Crippen molar-refractivity contribution in [2.24, 2.45) is 0 Å². The molecule has 0 N–H and O–H groups in total. The number of aldehydes is 1. The van der Waals surface area contributed by atoms with Gasteiger partial charge in [0.2, 0.25) is 0 Å². The summed E-state index contributed by atoms with van der Waals surface area (Å²) in [5, 5.41) is 0. The molecule has 0 aliphatic rings. The van der Waals surface area contributed by atoms with Crippen LogP contribution in [0.15, 0.2) is 42.5 Å². The minimum absolute atomic E-state index is 0.132. The SMILES string of the molecule is O=Cc1cc(C(F)(F)F)cc(-c2ccccc2)n1. The highest BCUT2D eigenvalue weighted by molar-refractivity contribution is 5.74. The van der Waals surface area contributed by atoms with Crippen LogP contribution in [0.5, 0.6) is 0 Å². The van der Waals surface area contributed by atoms with Gasteiger partial charge in [0.25, 0.3) is 0 Å². The van der Waals surface area contributed by atoms with Crippen LogP contribution >= 0.6 is 0 Å². The lowest BCUT2D eigenvalue weighted by molar-refractivity contribution is -0.137. The minimum atomic E-state index is -4.50. The van der Waals surface area contributed by atoms with Crippen LogP contribution in [0.25, 0.3) is 11.3 Å². The lowest BCUT2D eigenvalue weighted by Gasteiger charge is -2.09. The number of aromatic nitrogens is 1. The first-order valence-corrected chi connectivity index (χ1v) is 5.10. The van der Waals surface area contributed by atoms with E-state index < -0.39 is 11.7 Å². The summed E-state index contributed by atoms with van der Waals surface area (Å²) < 4.78 is 38.0. The van der Waals surface area contributed by atoms with Crippen LogP contribution in [-0.2, 0) is 6.18 Å². The molecule has 0 amide bonds. The Balaban J connectivity index is 2.58. The summed E-state index contributed by atoms with van der Waals surface area (Å²) >= 11 is 0. The number of hydrogen-bond donors (Lipinski definition) is 0. The highest BCUT2D eigenvalue weighted by Crippen LogP contribution is 2.31. The topological polar surface area (TPSA) is 30.0 Å². The molecule has 1 aromatic heterocycles. The fourth-order valence-electron chi connectivity index (χ4n) is 1.53. The van der Waals surface area contributed by atoms with E-state index in [9.17, 15) is 18.0 Å². The first kappa shape index (κ1) is 12.3. The Kier molecular flexibility index (Phi) is 3.14. The van der Waals surface area contributed by atoms with Gasteiger partial charge in [0.15, 0.2) is 6.29 Å². The Labute approximate surface area is 101 Å². The standard InChI is InChI=1S/C13H8F3NO/c14-13(15,16)10-6-11(8-18)17-12(7-10)9-4-2-1-3-5-9/h1-8H. The van der Waals surface area contributed by atoms with Gasteiger partial charge in [-0.05, 0) is 12.1 Å². The van der Waals surface area contributed by atoms with Crippen molar-refractivity contribution >= 4 is 6.29 Å². The lowest BCUT2D eigenvalue weighted by atomic mass is 10.1. The van der Waals surface area contributed by atoms with Gasteiger partial charge in [-0.15, -0.1) is 0 Å². The van der Waals surface area contributed by atoms with Gasteiger partial charge in [0.1, 0.15) is 5.69 Å². The summed E-state index contributed by atoms with van der Waals surface area (Å²) in [5.74, 6) is 0. The zero-order valence-electron chi connectivity index (χ0n) is 9.11. The van der Waals surface area contributed by atoms with Crippen molar-refractivity contribution in [2.45, 2.75) is 6.18 Å². The highest BCUT2D eigenvalue weighted by atomic mass is 19.4. The summed E-state index contributed by atoms with van der Waals surface area (Å²) in [6.07, 6.45) is -4.19. The Hall–Kier alpha value is -2.17. The van der Waals surface area contributed by atoms with Gasteiger partial charge in [-0.2, -0.15) is 13.2 Å². The maximum atomic E-state index is 12.7. The Morgan fingerprint density at radius 2 is 1.72 bits per heavy atom. The molecule has 2 rings (SSSR count). The van der Waals surface area contributed by atoms with E-state index in [0.29, 0.717) is 11.8 Å². The predicted octanol–water partition coefficient (Wildman–Crippen LogP) is 3.58. The van der Waals surface area contributed by atoms with Crippen LogP contribution in [-0.4, -0.2) is 11.3 Å². The van der Waals surface area contributed by atoms with Crippen molar-refractivity contribution in [3.05, 3.63) is 53.7 Å². The van der Waals surface area contributed by atoms with E-state index in [1.165, 1.54) is 0 Å². The van der Waals surface area contributed by atoms with Gasteiger partial charge in [-0.25, -0.2) is 4.98 Å². The molecule has 0 radical (unpaired) electrons. The zero-order chi connectivity index (χ0) is 13.2. The third kappa shape index (κ3) is 2.56. The third-order valence-corrected chi connectivity index (χ3v) is 2.36. The van der Waals surface area contributed by atoms with E-state index >= 15 is 0 Å². The summed E-state index contributed by atoms with van der Waals surface area (Å²) in [6.45, 7) is 0. The van der Waals surface area contributed by atoms with Gasteiger partial charge >= 0.3 is 6.18 Å². The third-order valence-electron chi connectivity index (χ3n) is 2.36. The molecule has 0 saturated heterocycles. The molecule has 18 heavy (non-hydrogen) atoms. The van der Waals surface area contributed by atoms with Crippen LogP contribution in [0.2, 0.25) is 0 Å². The van der Waals surface area contributed by atoms with Crippen molar-refractivity contribution < 1.29 is 18.0 Å². The lowest BCUT2D eigenvalue weighted by Crippen LogP contribution is -2.07. The van der Waals surface area contributed by atoms with Crippen molar-refractivity contribution in [3.63, 3.8) is 0 Å². The van der Waals surface area contributed by atoms with Crippen LogP contribution in [0, 0.1) is 0 Å². The maximum absolute atomic E-state index is 12.7. The van der Waals surface area contributed by atoms with Crippen LogP contribution in [0.3, 0.4) is 0 Å². The Morgan fingerprint density at radius 1 is 1.06 bits per heavy atom. The van der Waals surface area contributed by atoms with E-state index in [1.807, 2.05) is 0 Å². The quantitative estimate of drug-likeness (QED) is 0.763. The summed E-state index contributed by atoms with van der Waals surface area (Å²) in [7, 11) is 0. The van der Waals surface area contributed by atoms with Crippen LogP contribution in [0.4, 0.5) is 13.2 Å². The molecule has 92 valence electrons. The van der Waals surface area contributed by atoms with Gasteiger partial charge in [0, 0.05) is 5.56 Å². The van der Waals surface area contributed by atoms with Crippen molar-refractivity contribution in [1.82, 2.24) is 4.98 Å². The van der Waals surface area contributed by atoms with E-state index in [4.69, 9.17) is 0 Å². The van der Waals surface area contributed by atoms with Gasteiger partial charge < -0.3 is 0 Å². The average molecular weight is 251 g/mol. The van der Waals surface area contributed by atoms with Gasteiger partial charge in [-0.3, -0.25) is 4.79 Å². The summed E-state index contributed by atoms with van der Waals surface area (Å²) in [4.78, 5) is 14.5. The second-order valence-electron chi connectivity index (χ2n) is 3.65. The van der Waals surface area contributed by atoms with E-state index in [1.54, 1.807) is 30.3 Å². The average Bonchev–Trinajstić information content (AvgIpc) is 2.38. The molecule has 0 atom stereocenters. The normalized spacial score (nSPS) is 11.3. The number of nitrogens with zero attached hydrogens (tertiary/aromatic N) is 1. The van der Waals surface area contributed by atoms with Gasteiger partial charge in [-0.1, -0.05) is 30.3 Å². The Bertz CT molecular complexity index is 564. The number of hydrogen-bond acceptors (Lipinski definition) is 2. The predicted molar refractivity (Wildman–Crippen MR) is 60.1 cm³/mol. The fraction of sp³-hybridized carbons (Fsp3) is 0.0769. The largest absolute Gasteiger partial charge is 0.416 e. The first-order chi connectivity index (χ1) is 8.50. The first-order valence-electron chi connectivity index (χ1n) is 5.10. The minimum Gasteiger partial charge on any atom is -0.296 e. The second kappa shape index (κ2) is 4.60. The van der Waals surface area contributed by atoms with Gasteiger partial charge in [0.05, 0.1) is 11.3 Å². The van der Waals surface area contributed by atoms with E-state index in [0.717, 1.165) is 12.1 Å². The number of alkyl halides is 3. The molecular weight excluding hydrogens is 243 g/mol. The molecule has 0 aliphatic carbocycles. The number of carbonyl (C=O) groups excluding carboxylic acids is 1. The van der Waals surface area contributed by atoms with E-state index in [-0.39, 0.29) is 11.4 Å². The summed E-state index contributed by atoms with van der Waals surface area (Å²) in [6, 6.07) is 10.1. The molecule has 0 saturated carbocycles. The van der Waals surface area contributed by atoms with Crippen molar-refractivity contribution in [2.75, 3.05) is 0 Å². The molecule has 2 nitrogen and oxygen atoms in total. The second-order valence-corrected chi connectivity index (χ2v) is 3.65. The maximum Gasteiger partial charge on any atom is 0.416 e. The Morgan fingerprint density at radius 3 is 2.28 bits per heavy atom. The molecule has 2 aromatic rings. The zero-order valence-corrected chi connectivity index (χ0v) is 9.11.